The minimum absolute atomic E-state index is 0.459. The van der Waals surface area contributed by atoms with Gasteiger partial charge in [0, 0.05) is 22.0 Å². The normalized spacial score (nSPS) is 10.8. The molecule has 5 heteroatoms. The van der Waals surface area contributed by atoms with Crippen LogP contribution in [0.3, 0.4) is 0 Å². The monoisotopic (exact) mass is 272 g/mol. The fourth-order valence-corrected chi connectivity index (χ4v) is 2.69. The van der Waals surface area contributed by atoms with E-state index in [4.69, 9.17) is 10.3 Å². The molecule has 0 unspecified atom stereocenters. The van der Waals surface area contributed by atoms with E-state index in [2.05, 4.69) is 21.1 Å². The molecule has 0 aliphatic carbocycles. The van der Waals surface area contributed by atoms with Crippen LogP contribution < -0.4 is 5.73 Å². The van der Waals surface area contributed by atoms with Gasteiger partial charge >= 0.3 is 0 Å². The van der Waals surface area contributed by atoms with Crippen molar-refractivity contribution in [3.05, 3.63) is 27.2 Å². The lowest BCUT2D eigenvalue weighted by atomic mass is 10.2. The van der Waals surface area contributed by atoms with Crippen LogP contribution in [0.5, 0.6) is 0 Å². The molecule has 2 heterocycles. The van der Waals surface area contributed by atoms with Crippen molar-refractivity contribution in [3.63, 3.8) is 0 Å². The van der Waals surface area contributed by atoms with Crippen molar-refractivity contribution in [2.75, 3.05) is 0 Å². The maximum Gasteiger partial charge on any atom is 0.181 e. The van der Waals surface area contributed by atoms with E-state index in [9.17, 15) is 0 Å². The van der Waals surface area contributed by atoms with E-state index in [-0.39, 0.29) is 0 Å². The van der Waals surface area contributed by atoms with E-state index in [0.717, 1.165) is 26.4 Å². The van der Waals surface area contributed by atoms with Crippen molar-refractivity contribution >= 4 is 27.3 Å². The van der Waals surface area contributed by atoms with Crippen LogP contribution in [0.4, 0.5) is 0 Å². The predicted molar refractivity (Wildman–Crippen MR) is 60.1 cm³/mol. The summed E-state index contributed by atoms with van der Waals surface area (Å²) in [5.74, 6) is 0.792. The highest BCUT2D eigenvalue weighted by Crippen LogP contribution is 2.33. The standard InChI is InChI=1S/C9H9BrN2OS/c1-5-7(3-11)9(13-12-5)8-2-6(10)4-14-8/h2,4H,3,11H2,1H3. The van der Waals surface area contributed by atoms with Gasteiger partial charge in [0.05, 0.1) is 10.6 Å². The van der Waals surface area contributed by atoms with Crippen molar-refractivity contribution in [1.82, 2.24) is 5.16 Å². The Morgan fingerprint density at radius 1 is 1.64 bits per heavy atom. The zero-order valence-electron chi connectivity index (χ0n) is 7.58. The molecule has 3 nitrogen and oxygen atoms in total. The first-order valence-electron chi connectivity index (χ1n) is 4.12. The Hall–Kier alpha value is -0.650. The molecule has 2 N–H and O–H groups in total. The zero-order chi connectivity index (χ0) is 10.1. The molecule has 0 bridgehead atoms. The highest BCUT2D eigenvalue weighted by molar-refractivity contribution is 9.10. The van der Waals surface area contributed by atoms with E-state index in [0.29, 0.717) is 6.54 Å². The largest absolute Gasteiger partial charge is 0.355 e. The highest BCUT2D eigenvalue weighted by Gasteiger charge is 2.14. The summed E-state index contributed by atoms with van der Waals surface area (Å²) < 4.78 is 6.30. The molecule has 0 aliphatic rings. The molecular formula is C9H9BrN2OS. The Morgan fingerprint density at radius 2 is 2.43 bits per heavy atom. The summed E-state index contributed by atoms with van der Waals surface area (Å²) in [6.45, 7) is 2.36. The van der Waals surface area contributed by atoms with Gasteiger partial charge in [-0.05, 0) is 28.9 Å². The Labute approximate surface area is 94.0 Å². The minimum atomic E-state index is 0.459. The molecule has 2 aromatic rings. The van der Waals surface area contributed by atoms with Crippen LogP contribution in [0, 0.1) is 6.92 Å². The lowest BCUT2D eigenvalue weighted by Crippen LogP contribution is -1.97. The topological polar surface area (TPSA) is 52.0 Å². The Morgan fingerprint density at radius 3 is 3.00 bits per heavy atom. The molecule has 0 radical (unpaired) electrons. The first kappa shape index (κ1) is 9.89. The van der Waals surface area contributed by atoms with Crippen LogP contribution >= 0.6 is 27.3 Å². The van der Waals surface area contributed by atoms with E-state index in [1.807, 2.05) is 18.4 Å². The van der Waals surface area contributed by atoms with Gasteiger partial charge in [-0.25, -0.2) is 0 Å². The van der Waals surface area contributed by atoms with Crippen LogP contribution in [-0.4, -0.2) is 5.16 Å². The molecule has 0 fully saturated rings. The molecule has 74 valence electrons. The molecule has 2 rings (SSSR count). The molecule has 2 aromatic heterocycles. The van der Waals surface area contributed by atoms with Crippen molar-refractivity contribution in [2.45, 2.75) is 13.5 Å². The Kier molecular flexibility index (Phi) is 2.71. The van der Waals surface area contributed by atoms with Gasteiger partial charge in [-0.15, -0.1) is 11.3 Å². The van der Waals surface area contributed by atoms with Crippen molar-refractivity contribution in [1.29, 1.82) is 0 Å². The molecule has 0 aromatic carbocycles. The number of nitrogens with zero attached hydrogens (tertiary/aromatic N) is 1. The lowest BCUT2D eigenvalue weighted by Gasteiger charge is -1.94. The SMILES string of the molecule is Cc1noc(-c2cc(Br)cs2)c1CN. The lowest BCUT2D eigenvalue weighted by molar-refractivity contribution is 0.427. The van der Waals surface area contributed by atoms with E-state index in [1.54, 1.807) is 11.3 Å². The highest BCUT2D eigenvalue weighted by atomic mass is 79.9. The summed E-state index contributed by atoms with van der Waals surface area (Å²) in [5.41, 5.74) is 7.49. The predicted octanol–water partition coefficient (Wildman–Crippen LogP) is 2.93. The van der Waals surface area contributed by atoms with Gasteiger partial charge in [0.15, 0.2) is 5.76 Å². The Bertz CT molecular complexity index is 449. The fourth-order valence-electron chi connectivity index (χ4n) is 1.25. The molecule has 14 heavy (non-hydrogen) atoms. The van der Waals surface area contributed by atoms with Gasteiger partial charge in [-0.2, -0.15) is 0 Å². The minimum Gasteiger partial charge on any atom is -0.355 e. The third kappa shape index (κ3) is 1.63. The average molecular weight is 273 g/mol. The number of hydrogen-bond acceptors (Lipinski definition) is 4. The molecular weight excluding hydrogens is 264 g/mol. The average Bonchev–Trinajstić information content (AvgIpc) is 2.71. The number of rotatable bonds is 2. The smallest absolute Gasteiger partial charge is 0.181 e. The third-order valence-corrected chi connectivity index (χ3v) is 3.67. The Balaban J connectivity index is 2.51. The number of thiophene rings is 1. The van der Waals surface area contributed by atoms with Gasteiger partial charge in [0.1, 0.15) is 0 Å². The van der Waals surface area contributed by atoms with Crippen molar-refractivity contribution in [2.24, 2.45) is 5.73 Å². The molecule has 0 aliphatic heterocycles. The summed E-state index contributed by atoms with van der Waals surface area (Å²) in [4.78, 5) is 1.05. The van der Waals surface area contributed by atoms with Gasteiger partial charge in [0.2, 0.25) is 0 Å². The molecule has 0 spiro atoms. The second-order valence-electron chi connectivity index (χ2n) is 2.91. The van der Waals surface area contributed by atoms with Crippen LogP contribution in [0.25, 0.3) is 10.6 Å². The zero-order valence-corrected chi connectivity index (χ0v) is 9.98. The summed E-state index contributed by atoms with van der Waals surface area (Å²) in [5, 5.41) is 5.92. The number of hydrogen-bond donors (Lipinski definition) is 1. The van der Waals surface area contributed by atoms with Crippen LogP contribution in [-0.2, 0) is 6.54 Å². The van der Waals surface area contributed by atoms with Crippen LogP contribution in [0.1, 0.15) is 11.3 Å². The third-order valence-electron chi connectivity index (χ3n) is 1.98. The molecule has 0 atom stereocenters. The van der Waals surface area contributed by atoms with Gasteiger partial charge in [-0.1, -0.05) is 5.16 Å². The van der Waals surface area contributed by atoms with Crippen LogP contribution in [0.2, 0.25) is 0 Å². The molecule has 0 saturated carbocycles. The second kappa shape index (κ2) is 3.84. The fraction of sp³-hybridized carbons (Fsp3) is 0.222. The number of halogens is 1. The van der Waals surface area contributed by atoms with E-state index in [1.165, 1.54) is 0 Å². The maximum absolute atomic E-state index is 5.63. The van der Waals surface area contributed by atoms with Crippen molar-refractivity contribution in [3.8, 4) is 10.6 Å². The van der Waals surface area contributed by atoms with E-state index >= 15 is 0 Å². The number of aryl methyl sites for hydroxylation is 1. The van der Waals surface area contributed by atoms with Crippen molar-refractivity contribution < 1.29 is 4.52 Å². The molecule has 0 amide bonds. The summed E-state index contributed by atoms with van der Waals surface area (Å²) in [6, 6.07) is 2.00. The summed E-state index contributed by atoms with van der Waals surface area (Å²) in [7, 11) is 0. The van der Waals surface area contributed by atoms with Gasteiger partial charge in [0.25, 0.3) is 0 Å². The second-order valence-corrected chi connectivity index (χ2v) is 4.74. The van der Waals surface area contributed by atoms with Gasteiger partial charge < -0.3 is 10.3 Å². The summed E-state index contributed by atoms with van der Waals surface area (Å²) in [6.07, 6.45) is 0. The van der Waals surface area contributed by atoms with E-state index < -0.39 is 0 Å². The molecule has 0 saturated heterocycles. The number of aromatic nitrogens is 1. The first-order valence-corrected chi connectivity index (χ1v) is 5.79. The first-order chi connectivity index (χ1) is 6.72. The summed E-state index contributed by atoms with van der Waals surface area (Å²) >= 11 is 5.01. The van der Waals surface area contributed by atoms with Crippen LogP contribution in [0.15, 0.2) is 20.4 Å². The van der Waals surface area contributed by atoms with Gasteiger partial charge in [-0.3, -0.25) is 0 Å². The quantitative estimate of drug-likeness (QED) is 0.915. The number of nitrogens with two attached hydrogens (primary N) is 1. The maximum atomic E-state index is 5.63.